The first kappa shape index (κ1) is 17.4. The first-order valence-corrected chi connectivity index (χ1v) is 6.83. The minimum Gasteiger partial charge on any atom is -0.493 e. The van der Waals surface area contributed by atoms with Gasteiger partial charge < -0.3 is 19.7 Å². The second kappa shape index (κ2) is 7.08. The van der Waals surface area contributed by atoms with Crippen LogP contribution in [-0.4, -0.2) is 29.7 Å². The number of nitriles is 1. The van der Waals surface area contributed by atoms with Gasteiger partial charge in [-0.25, -0.2) is 4.39 Å². The minimum absolute atomic E-state index is 0.00998. The Hall–Kier alpha value is -2.95. The molecule has 0 fully saturated rings. The first-order valence-electron chi connectivity index (χ1n) is 6.83. The van der Waals surface area contributed by atoms with Gasteiger partial charge in [-0.1, -0.05) is 0 Å². The van der Waals surface area contributed by atoms with Gasteiger partial charge in [-0.3, -0.25) is 4.79 Å². The summed E-state index contributed by atoms with van der Waals surface area (Å²) in [7, 11) is 1.33. The van der Waals surface area contributed by atoms with Crippen LogP contribution in [0, 0.1) is 17.1 Å². The molecule has 24 heavy (non-hydrogen) atoms. The number of rotatable bonds is 6. The Morgan fingerprint density at radius 2 is 1.92 bits per heavy atom. The van der Waals surface area contributed by atoms with Crippen molar-refractivity contribution in [3.8, 4) is 17.6 Å². The monoisotopic (exact) mass is 331 g/mol. The van der Waals surface area contributed by atoms with E-state index in [0.29, 0.717) is 11.8 Å². The minimum atomic E-state index is -2.46. The molecule has 0 aliphatic rings. The lowest BCUT2D eigenvalue weighted by Gasteiger charge is -2.31. The summed E-state index contributed by atoms with van der Waals surface area (Å²) in [6, 6.07) is 10.1. The summed E-state index contributed by atoms with van der Waals surface area (Å²) in [4.78, 5) is 10.8. The zero-order valence-electron chi connectivity index (χ0n) is 12.6. The van der Waals surface area contributed by atoms with Gasteiger partial charge in [-0.15, -0.1) is 0 Å². The van der Waals surface area contributed by atoms with Crippen LogP contribution < -0.4 is 9.47 Å². The lowest BCUT2D eigenvalue weighted by molar-refractivity contribution is -0.198. The van der Waals surface area contributed by atoms with E-state index in [-0.39, 0.29) is 17.1 Å². The first-order chi connectivity index (χ1) is 11.4. The SMILES string of the molecule is COc1cc(C=O)ccc1OC(O)(c1ccc(F)cc1)C(O)C#N. The molecule has 2 atom stereocenters. The highest BCUT2D eigenvalue weighted by Gasteiger charge is 2.41. The maximum atomic E-state index is 13.1. The lowest BCUT2D eigenvalue weighted by Crippen LogP contribution is -2.44. The van der Waals surface area contributed by atoms with Crippen LogP contribution in [0.15, 0.2) is 42.5 Å². The molecule has 7 heteroatoms. The van der Waals surface area contributed by atoms with Crippen LogP contribution in [0.4, 0.5) is 4.39 Å². The van der Waals surface area contributed by atoms with Crippen LogP contribution in [0.2, 0.25) is 0 Å². The summed E-state index contributed by atoms with van der Waals surface area (Å²) in [5.41, 5.74) is 0.282. The Labute approximate surface area is 137 Å². The number of aliphatic hydroxyl groups excluding tert-OH is 1. The third-order valence-corrected chi connectivity index (χ3v) is 3.34. The fourth-order valence-corrected chi connectivity index (χ4v) is 2.06. The molecule has 0 bridgehead atoms. The van der Waals surface area contributed by atoms with Crippen molar-refractivity contribution in [3.05, 3.63) is 59.4 Å². The molecule has 0 aliphatic carbocycles. The van der Waals surface area contributed by atoms with E-state index in [9.17, 15) is 19.4 Å². The molecule has 2 aromatic carbocycles. The van der Waals surface area contributed by atoms with E-state index in [1.165, 1.54) is 43.5 Å². The van der Waals surface area contributed by atoms with E-state index in [1.54, 1.807) is 0 Å². The fraction of sp³-hybridized carbons (Fsp3) is 0.176. The second-order valence-corrected chi connectivity index (χ2v) is 4.87. The Morgan fingerprint density at radius 3 is 2.46 bits per heavy atom. The molecular weight excluding hydrogens is 317 g/mol. The van der Waals surface area contributed by atoms with E-state index in [1.807, 2.05) is 0 Å². The number of halogens is 1. The van der Waals surface area contributed by atoms with Crippen LogP contribution >= 0.6 is 0 Å². The van der Waals surface area contributed by atoms with Crippen molar-refractivity contribution in [2.75, 3.05) is 7.11 Å². The number of carbonyl (C=O) groups is 1. The summed E-state index contributed by atoms with van der Waals surface area (Å²) in [6.45, 7) is 0. The highest BCUT2D eigenvalue weighted by molar-refractivity contribution is 5.76. The van der Waals surface area contributed by atoms with Crippen molar-refractivity contribution in [1.82, 2.24) is 0 Å². The van der Waals surface area contributed by atoms with Crippen LogP contribution in [0.1, 0.15) is 15.9 Å². The van der Waals surface area contributed by atoms with Gasteiger partial charge in [0.25, 0.3) is 5.79 Å². The molecular formula is C17H14FNO5. The smallest absolute Gasteiger partial charge is 0.274 e. The normalized spacial score (nSPS) is 14.1. The zero-order chi connectivity index (χ0) is 17.7. The average Bonchev–Trinajstić information content (AvgIpc) is 2.61. The molecule has 0 radical (unpaired) electrons. The third-order valence-electron chi connectivity index (χ3n) is 3.34. The quantitative estimate of drug-likeness (QED) is 0.475. The van der Waals surface area contributed by atoms with E-state index in [2.05, 4.69) is 0 Å². The van der Waals surface area contributed by atoms with Crippen molar-refractivity contribution in [2.24, 2.45) is 0 Å². The summed E-state index contributed by atoms with van der Waals surface area (Å²) in [6.07, 6.45) is -1.36. The van der Waals surface area contributed by atoms with Gasteiger partial charge in [0, 0.05) is 11.1 Å². The zero-order valence-corrected chi connectivity index (χ0v) is 12.6. The number of aliphatic hydroxyl groups is 2. The van der Waals surface area contributed by atoms with Crippen LogP contribution in [0.25, 0.3) is 0 Å². The van der Waals surface area contributed by atoms with Crippen LogP contribution in [-0.2, 0) is 5.79 Å². The molecule has 124 valence electrons. The van der Waals surface area contributed by atoms with Gasteiger partial charge in [-0.05, 0) is 42.5 Å². The molecule has 0 spiro atoms. The predicted molar refractivity (Wildman–Crippen MR) is 80.9 cm³/mol. The maximum Gasteiger partial charge on any atom is 0.274 e. The number of aldehydes is 1. The van der Waals surface area contributed by atoms with E-state index >= 15 is 0 Å². The Kier molecular flexibility index (Phi) is 5.14. The molecule has 2 N–H and O–H groups in total. The van der Waals surface area contributed by atoms with E-state index in [0.717, 1.165) is 12.1 Å². The third kappa shape index (κ3) is 3.35. The topological polar surface area (TPSA) is 99.8 Å². The highest BCUT2D eigenvalue weighted by atomic mass is 19.1. The maximum absolute atomic E-state index is 13.1. The molecule has 0 saturated heterocycles. The summed E-state index contributed by atoms with van der Waals surface area (Å²) in [5.74, 6) is -2.91. The molecule has 0 aliphatic heterocycles. The van der Waals surface area contributed by atoms with E-state index < -0.39 is 17.7 Å². The van der Waals surface area contributed by atoms with Gasteiger partial charge in [0.1, 0.15) is 18.2 Å². The van der Waals surface area contributed by atoms with Gasteiger partial charge in [0.05, 0.1) is 7.11 Å². The standard InChI is InChI=1S/C17H14FNO5/c1-23-15-8-11(10-20)2-7-14(15)24-17(22,16(21)9-19)12-3-5-13(18)6-4-12/h2-8,10,16,21-22H,1H3. The largest absolute Gasteiger partial charge is 0.493 e. The van der Waals surface area contributed by atoms with Crippen LogP contribution in [0.3, 0.4) is 0 Å². The van der Waals surface area contributed by atoms with Crippen molar-refractivity contribution in [2.45, 2.75) is 11.9 Å². The number of hydrogen-bond donors (Lipinski definition) is 2. The Balaban J connectivity index is 2.49. The Bertz CT molecular complexity index is 772. The molecule has 2 unspecified atom stereocenters. The molecule has 0 heterocycles. The van der Waals surface area contributed by atoms with E-state index in [4.69, 9.17) is 14.7 Å². The van der Waals surface area contributed by atoms with Gasteiger partial charge in [0.15, 0.2) is 11.5 Å². The van der Waals surface area contributed by atoms with Gasteiger partial charge >= 0.3 is 0 Å². The highest BCUT2D eigenvalue weighted by Crippen LogP contribution is 2.35. The summed E-state index contributed by atoms with van der Waals surface area (Å²) < 4.78 is 23.6. The number of ether oxygens (including phenoxy) is 2. The average molecular weight is 331 g/mol. The van der Waals surface area contributed by atoms with Crippen molar-refractivity contribution < 1.29 is 28.9 Å². The number of nitrogens with zero attached hydrogens (tertiary/aromatic N) is 1. The summed E-state index contributed by atoms with van der Waals surface area (Å²) in [5, 5.41) is 29.6. The number of benzene rings is 2. The molecule has 2 aromatic rings. The molecule has 0 saturated carbocycles. The second-order valence-electron chi connectivity index (χ2n) is 4.87. The molecule has 0 amide bonds. The van der Waals surface area contributed by atoms with Gasteiger partial charge in [0.2, 0.25) is 6.10 Å². The van der Waals surface area contributed by atoms with Gasteiger partial charge in [-0.2, -0.15) is 5.26 Å². The molecule has 0 aromatic heterocycles. The lowest BCUT2D eigenvalue weighted by atomic mass is 10.0. The molecule has 6 nitrogen and oxygen atoms in total. The Morgan fingerprint density at radius 1 is 1.25 bits per heavy atom. The van der Waals surface area contributed by atoms with Crippen LogP contribution in [0.5, 0.6) is 11.5 Å². The number of methoxy groups -OCH3 is 1. The van der Waals surface area contributed by atoms with Crippen molar-refractivity contribution in [1.29, 1.82) is 5.26 Å². The number of carbonyl (C=O) groups excluding carboxylic acids is 1. The number of hydrogen-bond acceptors (Lipinski definition) is 6. The molecule has 2 rings (SSSR count). The summed E-state index contributed by atoms with van der Waals surface area (Å²) >= 11 is 0. The van der Waals surface area contributed by atoms with Crippen molar-refractivity contribution in [3.63, 3.8) is 0 Å². The van der Waals surface area contributed by atoms with Crippen molar-refractivity contribution >= 4 is 6.29 Å². The predicted octanol–water partition coefficient (Wildman–Crippen LogP) is 1.76. The fourth-order valence-electron chi connectivity index (χ4n) is 2.06.